The van der Waals surface area contributed by atoms with Crippen molar-refractivity contribution in [2.75, 3.05) is 24.9 Å². The maximum Gasteiger partial charge on any atom is 0.304 e. The molecule has 5 nitrogen and oxygen atoms in total. The summed E-state index contributed by atoms with van der Waals surface area (Å²) in [7, 11) is -0.386. The van der Waals surface area contributed by atoms with Crippen LogP contribution in [0.15, 0.2) is 18.2 Å². The maximum absolute atomic E-state index is 12.4. The predicted molar refractivity (Wildman–Crippen MR) is 84.9 cm³/mol. The maximum atomic E-state index is 12.4. The molecule has 2 aromatic rings. The van der Waals surface area contributed by atoms with Gasteiger partial charge in [0.1, 0.15) is 5.82 Å². The first-order valence-corrected chi connectivity index (χ1v) is 8.31. The van der Waals surface area contributed by atoms with Crippen molar-refractivity contribution in [2.45, 2.75) is 20.3 Å². The molecule has 1 aromatic carbocycles. The minimum absolute atomic E-state index is 0.456. The highest BCUT2D eigenvalue weighted by Crippen LogP contribution is 2.33. The van der Waals surface area contributed by atoms with Gasteiger partial charge in [-0.15, -0.1) is 0 Å². The fourth-order valence-electron chi connectivity index (χ4n) is 2.81. The van der Waals surface area contributed by atoms with Gasteiger partial charge in [0.2, 0.25) is 0 Å². The van der Waals surface area contributed by atoms with E-state index in [0.29, 0.717) is 18.8 Å². The van der Waals surface area contributed by atoms with E-state index in [4.69, 9.17) is 0 Å². The summed E-state index contributed by atoms with van der Waals surface area (Å²) >= 11 is 0. The van der Waals surface area contributed by atoms with Gasteiger partial charge in [0, 0.05) is 26.0 Å². The highest BCUT2D eigenvalue weighted by Gasteiger charge is 2.32. The lowest BCUT2D eigenvalue weighted by Crippen LogP contribution is -2.39. The minimum atomic E-state index is -3.47. The molecule has 1 aromatic heterocycles. The number of pyridine rings is 1. The Hall–Kier alpha value is -1.66. The first kappa shape index (κ1) is 14.3. The molecule has 0 atom stereocenters. The van der Waals surface area contributed by atoms with Gasteiger partial charge in [-0.3, -0.25) is 0 Å². The summed E-state index contributed by atoms with van der Waals surface area (Å²) in [6.07, 6.45) is 0.707. The first-order chi connectivity index (χ1) is 9.80. The third-order valence-electron chi connectivity index (χ3n) is 3.90. The lowest BCUT2D eigenvalue weighted by Gasteiger charge is -2.22. The van der Waals surface area contributed by atoms with Crippen LogP contribution in [0.5, 0.6) is 0 Å². The molecule has 0 amide bonds. The van der Waals surface area contributed by atoms with Crippen molar-refractivity contribution in [2.24, 2.45) is 0 Å². The Balaban J connectivity index is 2.22. The van der Waals surface area contributed by atoms with Gasteiger partial charge >= 0.3 is 10.2 Å². The molecule has 0 aliphatic carbocycles. The van der Waals surface area contributed by atoms with Crippen LogP contribution in [0, 0.1) is 13.8 Å². The Morgan fingerprint density at radius 1 is 1.19 bits per heavy atom. The first-order valence-electron chi connectivity index (χ1n) is 6.92. The van der Waals surface area contributed by atoms with Gasteiger partial charge in [-0.25, -0.2) is 9.29 Å². The third kappa shape index (κ3) is 2.18. The lowest BCUT2D eigenvalue weighted by molar-refractivity contribution is 0.516. The van der Waals surface area contributed by atoms with Crippen LogP contribution < -0.4 is 4.31 Å². The van der Waals surface area contributed by atoms with Crippen LogP contribution >= 0.6 is 0 Å². The number of nitrogens with zero attached hydrogens (tertiary/aromatic N) is 3. The number of benzene rings is 1. The summed E-state index contributed by atoms with van der Waals surface area (Å²) in [4.78, 5) is 4.63. The summed E-state index contributed by atoms with van der Waals surface area (Å²) in [5.41, 5.74) is 4.16. The van der Waals surface area contributed by atoms with E-state index in [9.17, 15) is 8.42 Å². The van der Waals surface area contributed by atoms with Crippen molar-refractivity contribution in [3.63, 3.8) is 0 Å². The zero-order chi connectivity index (χ0) is 15.4. The quantitative estimate of drug-likeness (QED) is 0.853. The molecule has 2 heterocycles. The molecular weight excluding hydrogens is 286 g/mol. The lowest BCUT2D eigenvalue weighted by atomic mass is 10.0. The Morgan fingerprint density at radius 3 is 2.57 bits per heavy atom. The Morgan fingerprint density at radius 2 is 1.90 bits per heavy atom. The van der Waals surface area contributed by atoms with Gasteiger partial charge < -0.3 is 0 Å². The van der Waals surface area contributed by atoms with Crippen LogP contribution in [0.2, 0.25) is 0 Å². The molecule has 1 aliphatic heterocycles. The Bertz CT molecular complexity index is 828. The predicted octanol–water partition coefficient (Wildman–Crippen LogP) is 2.02. The molecule has 112 valence electrons. The van der Waals surface area contributed by atoms with E-state index in [1.54, 1.807) is 14.1 Å². The molecule has 0 fully saturated rings. The fraction of sp³-hybridized carbons (Fsp3) is 0.400. The van der Waals surface area contributed by atoms with E-state index in [1.807, 2.05) is 13.0 Å². The molecule has 0 bridgehead atoms. The number of anilines is 1. The zero-order valence-electron chi connectivity index (χ0n) is 12.7. The number of rotatable bonds is 2. The number of aryl methyl sites for hydroxylation is 2. The highest BCUT2D eigenvalue weighted by molar-refractivity contribution is 7.90. The van der Waals surface area contributed by atoms with Crippen LogP contribution in [0.3, 0.4) is 0 Å². The monoisotopic (exact) mass is 305 g/mol. The van der Waals surface area contributed by atoms with E-state index >= 15 is 0 Å². The average molecular weight is 305 g/mol. The number of hydrogen-bond donors (Lipinski definition) is 0. The number of hydrogen-bond acceptors (Lipinski definition) is 3. The van der Waals surface area contributed by atoms with Crippen LogP contribution in [0.4, 0.5) is 5.82 Å². The van der Waals surface area contributed by atoms with Gasteiger partial charge in [0.25, 0.3) is 0 Å². The second kappa shape index (κ2) is 4.68. The van der Waals surface area contributed by atoms with Gasteiger partial charge in [0.15, 0.2) is 0 Å². The molecule has 1 aliphatic rings. The molecule has 0 saturated carbocycles. The molecular formula is C15H19N3O2S. The van der Waals surface area contributed by atoms with E-state index in [1.165, 1.54) is 14.2 Å². The van der Waals surface area contributed by atoms with Crippen LogP contribution in [-0.2, 0) is 16.6 Å². The minimum Gasteiger partial charge on any atom is -0.240 e. The van der Waals surface area contributed by atoms with E-state index < -0.39 is 10.2 Å². The van der Waals surface area contributed by atoms with Crippen molar-refractivity contribution < 1.29 is 8.42 Å². The third-order valence-corrected chi connectivity index (χ3v) is 5.74. The van der Waals surface area contributed by atoms with Gasteiger partial charge in [-0.1, -0.05) is 6.07 Å². The smallest absolute Gasteiger partial charge is 0.240 e. The molecule has 6 heteroatoms. The number of fused-ring (bicyclic) bond motifs is 2. The summed E-state index contributed by atoms with van der Waals surface area (Å²) in [6.45, 7) is 4.54. The topological polar surface area (TPSA) is 53.5 Å². The van der Waals surface area contributed by atoms with Crippen LogP contribution in [0.1, 0.15) is 16.7 Å². The SMILES string of the molecule is Cc1cc(C)c2cc3c(nc2c1)N(S(=O)(=O)N(C)C)CC3. The summed E-state index contributed by atoms with van der Waals surface area (Å²) in [6, 6.07) is 6.21. The Labute approximate surface area is 125 Å². The van der Waals surface area contributed by atoms with E-state index in [2.05, 4.69) is 24.0 Å². The van der Waals surface area contributed by atoms with Gasteiger partial charge in [-0.05, 0) is 49.1 Å². The number of aromatic nitrogens is 1. The van der Waals surface area contributed by atoms with E-state index in [-0.39, 0.29) is 0 Å². The van der Waals surface area contributed by atoms with Crippen LogP contribution in [0.25, 0.3) is 10.9 Å². The van der Waals surface area contributed by atoms with Crippen molar-refractivity contribution in [3.8, 4) is 0 Å². The molecule has 0 radical (unpaired) electrons. The standard InChI is InChI=1S/C15H19N3O2S/c1-10-7-11(2)13-9-12-5-6-18(21(19,20)17(3)4)15(12)16-14(13)8-10/h7-9H,5-6H2,1-4H3. The van der Waals surface area contributed by atoms with Crippen molar-refractivity contribution in [1.29, 1.82) is 0 Å². The summed E-state index contributed by atoms with van der Waals surface area (Å²) < 4.78 is 27.4. The molecule has 0 saturated heterocycles. The summed E-state index contributed by atoms with van der Waals surface area (Å²) in [5, 5.41) is 1.10. The molecule has 3 rings (SSSR count). The molecule has 0 unspecified atom stereocenters. The summed E-state index contributed by atoms with van der Waals surface area (Å²) in [5.74, 6) is 0.571. The zero-order valence-corrected chi connectivity index (χ0v) is 13.5. The molecule has 0 N–H and O–H groups in total. The molecule has 21 heavy (non-hydrogen) atoms. The highest BCUT2D eigenvalue weighted by atomic mass is 32.2. The molecule has 0 spiro atoms. The van der Waals surface area contributed by atoms with Crippen molar-refractivity contribution in [1.82, 2.24) is 9.29 Å². The van der Waals surface area contributed by atoms with Crippen molar-refractivity contribution >= 4 is 26.9 Å². The Kier molecular flexibility index (Phi) is 3.18. The average Bonchev–Trinajstić information content (AvgIpc) is 2.79. The second-order valence-corrected chi connectivity index (χ2v) is 7.80. The normalized spacial score (nSPS) is 15.0. The van der Waals surface area contributed by atoms with Crippen LogP contribution in [-0.4, -0.2) is 38.3 Å². The van der Waals surface area contributed by atoms with Gasteiger partial charge in [-0.2, -0.15) is 12.7 Å². The van der Waals surface area contributed by atoms with Crippen molar-refractivity contribution in [3.05, 3.63) is 34.9 Å². The van der Waals surface area contributed by atoms with E-state index in [0.717, 1.165) is 22.0 Å². The second-order valence-electron chi connectivity index (χ2n) is 5.73. The van der Waals surface area contributed by atoms with Gasteiger partial charge in [0.05, 0.1) is 5.52 Å². The largest absolute Gasteiger partial charge is 0.304 e. The fourth-order valence-corrected chi connectivity index (χ4v) is 3.90.